The van der Waals surface area contributed by atoms with Gasteiger partial charge in [-0.15, -0.1) is 0 Å². The molecule has 0 bridgehead atoms. The third-order valence-corrected chi connectivity index (χ3v) is 3.52. The molecule has 4 nitrogen and oxygen atoms in total. The highest BCUT2D eigenvalue weighted by molar-refractivity contribution is 5.85. The van der Waals surface area contributed by atoms with E-state index >= 15 is 0 Å². The van der Waals surface area contributed by atoms with Gasteiger partial charge in [-0.2, -0.15) is 0 Å². The minimum Gasteiger partial charge on any atom is -0.368 e. The number of nitrogens with two attached hydrogens (primary N) is 1. The topological polar surface area (TPSA) is 58.4 Å². The molecule has 0 radical (unpaired) electrons. The Bertz CT molecular complexity index is 232. The maximum atomic E-state index is 11.6. The number of nitrogens with one attached hydrogen (secondary N) is 1. The van der Waals surface area contributed by atoms with Crippen LogP contribution in [-0.4, -0.2) is 42.0 Å². The number of likely N-dealkylation sites (tertiary alicyclic amines) is 1. The fraction of sp³-hybridized carbons (Fsp3) is 0.909. The van der Waals surface area contributed by atoms with E-state index in [1.54, 1.807) is 0 Å². The van der Waals surface area contributed by atoms with Crippen molar-refractivity contribution in [2.24, 2.45) is 5.73 Å². The van der Waals surface area contributed by atoms with Crippen LogP contribution in [0.2, 0.25) is 0 Å². The maximum absolute atomic E-state index is 11.6. The summed E-state index contributed by atoms with van der Waals surface area (Å²) < 4.78 is 0. The van der Waals surface area contributed by atoms with Crippen LogP contribution in [0.3, 0.4) is 0 Å². The summed E-state index contributed by atoms with van der Waals surface area (Å²) >= 11 is 0. The highest BCUT2D eigenvalue weighted by Gasteiger charge is 2.45. The lowest BCUT2D eigenvalue weighted by Gasteiger charge is -2.30. The quantitative estimate of drug-likeness (QED) is 0.707. The van der Waals surface area contributed by atoms with Crippen molar-refractivity contribution >= 4 is 5.91 Å². The predicted octanol–water partition coefficient (Wildman–Crippen LogP) is 0.323. The zero-order chi connectivity index (χ0) is 11.6. The Balaban J connectivity index is 2.77. The Morgan fingerprint density at radius 2 is 2.33 bits per heavy atom. The van der Waals surface area contributed by atoms with E-state index in [-0.39, 0.29) is 5.91 Å². The zero-order valence-electron chi connectivity index (χ0n) is 10.2. The molecule has 0 aliphatic carbocycles. The first-order chi connectivity index (χ1) is 6.91. The Hall–Kier alpha value is -0.610. The minimum atomic E-state index is -0.524. The third kappa shape index (κ3) is 2.49. The van der Waals surface area contributed by atoms with E-state index in [1.165, 1.54) is 0 Å². The van der Waals surface area contributed by atoms with Gasteiger partial charge in [0.1, 0.15) is 5.54 Å². The van der Waals surface area contributed by atoms with Crippen molar-refractivity contribution in [2.45, 2.75) is 51.2 Å². The molecule has 0 aromatic heterocycles. The lowest BCUT2D eigenvalue weighted by Crippen LogP contribution is -2.59. The van der Waals surface area contributed by atoms with E-state index in [1.807, 2.05) is 7.05 Å². The molecular weight excluding hydrogens is 190 g/mol. The second-order valence-electron chi connectivity index (χ2n) is 4.87. The summed E-state index contributed by atoms with van der Waals surface area (Å²) in [4.78, 5) is 13.8. The van der Waals surface area contributed by atoms with E-state index in [0.29, 0.717) is 18.6 Å². The van der Waals surface area contributed by atoms with E-state index in [4.69, 9.17) is 5.73 Å². The van der Waals surface area contributed by atoms with Crippen LogP contribution in [0.5, 0.6) is 0 Å². The molecule has 0 spiro atoms. The summed E-state index contributed by atoms with van der Waals surface area (Å²) in [6.45, 7) is 7.04. The fourth-order valence-corrected chi connectivity index (χ4v) is 2.23. The van der Waals surface area contributed by atoms with Gasteiger partial charge in [-0.3, -0.25) is 10.1 Å². The average Bonchev–Trinajstić information content (AvgIpc) is 2.43. The number of nitrogens with zero attached hydrogens (tertiary/aromatic N) is 1. The normalized spacial score (nSPS) is 34.3. The van der Waals surface area contributed by atoms with Gasteiger partial charge in [0.05, 0.1) is 0 Å². The second-order valence-corrected chi connectivity index (χ2v) is 4.87. The van der Waals surface area contributed by atoms with Gasteiger partial charge < -0.3 is 10.6 Å². The fourth-order valence-electron chi connectivity index (χ4n) is 2.23. The lowest BCUT2D eigenvalue weighted by atomic mass is 9.94. The Morgan fingerprint density at radius 3 is 2.67 bits per heavy atom. The van der Waals surface area contributed by atoms with Crippen molar-refractivity contribution in [3.8, 4) is 0 Å². The van der Waals surface area contributed by atoms with Crippen LogP contribution >= 0.6 is 0 Å². The number of likely N-dealkylation sites (N-methyl/N-ethyl adjacent to an activating group) is 1. The molecule has 1 amide bonds. The lowest BCUT2D eigenvalue weighted by molar-refractivity contribution is -0.124. The van der Waals surface area contributed by atoms with Gasteiger partial charge in [-0.25, -0.2) is 0 Å². The molecule has 3 atom stereocenters. The van der Waals surface area contributed by atoms with E-state index in [0.717, 1.165) is 12.8 Å². The number of hydrogen-bond acceptors (Lipinski definition) is 3. The van der Waals surface area contributed by atoms with Gasteiger partial charge >= 0.3 is 0 Å². The second kappa shape index (κ2) is 4.49. The average molecular weight is 213 g/mol. The molecule has 1 aliphatic heterocycles. The van der Waals surface area contributed by atoms with Gasteiger partial charge in [0.25, 0.3) is 0 Å². The van der Waals surface area contributed by atoms with Crippen molar-refractivity contribution in [3.05, 3.63) is 0 Å². The summed E-state index contributed by atoms with van der Waals surface area (Å²) in [6, 6.07) is 0.741. The third-order valence-electron chi connectivity index (χ3n) is 3.52. The van der Waals surface area contributed by atoms with Crippen molar-refractivity contribution in [2.75, 3.05) is 13.6 Å². The smallest absolute Gasteiger partial charge is 0.239 e. The van der Waals surface area contributed by atoms with Crippen LogP contribution in [0.25, 0.3) is 0 Å². The molecule has 1 aliphatic rings. The standard InChI is InChI=1S/C11H23N3O/c1-5-8(2)13-11(10(12)15)6-9(3)14(4)7-11/h8-9,13H,5-7H2,1-4H3,(H2,12,15). The molecule has 3 unspecified atom stereocenters. The number of hydrogen-bond donors (Lipinski definition) is 2. The first-order valence-electron chi connectivity index (χ1n) is 5.69. The molecule has 88 valence electrons. The van der Waals surface area contributed by atoms with Gasteiger partial charge in [-0.1, -0.05) is 6.92 Å². The van der Waals surface area contributed by atoms with Crippen molar-refractivity contribution < 1.29 is 4.79 Å². The highest BCUT2D eigenvalue weighted by atomic mass is 16.1. The van der Waals surface area contributed by atoms with Crippen molar-refractivity contribution in [1.29, 1.82) is 0 Å². The van der Waals surface area contributed by atoms with Crippen LogP contribution in [-0.2, 0) is 4.79 Å². The molecule has 1 rings (SSSR count). The Morgan fingerprint density at radius 1 is 1.73 bits per heavy atom. The van der Waals surface area contributed by atoms with E-state index < -0.39 is 5.54 Å². The molecule has 0 aromatic carbocycles. The first-order valence-corrected chi connectivity index (χ1v) is 5.69. The molecule has 0 aromatic rings. The van der Waals surface area contributed by atoms with Crippen LogP contribution < -0.4 is 11.1 Å². The molecule has 3 N–H and O–H groups in total. The number of rotatable bonds is 4. The monoisotopic (exact) mass is 213 g/mol. The van der Waals surface area contributed by atoms with Gasteiger partial charge in [0.15, 0.2) is 0 Å². The summed E-state index contributed by atoms with van der Waals surface area (Å²) in [7, 11) is 2.04. The zero-order valence-corrected chi connectivity index (χ0v) is 10.2. The minimum absolute atomic E-state index is 0.223. The highest BCUT2D eigenvalue weighted by Crippen LogP contribution is 2.26. The molecular formula is C11H23N3O. The number of primary amides is 1. The van der Waals surface area contributed by atoms with Crippen LogP contribution in [0.4, 0.5) is 0 Å². The first kappa shape index (κ1) is 12.5. The Kier molecular flexibility index (Phi) is 3.73. The molecule has 1 fully saturated rings. The van der Waals surface area contributed by atoms with Crippen molar-refractivity contribution in [1.82, 2.24) is 10.2 Å². The van der Waals surface area contributed by atoms with Crippen molar-refractivity contribution in [3.63, 3.8) is 0 Å². The van der Waals surface area contributed by atoms with E-state index in [2.05, 4.69) is 31.0 Å². The molecule has 0 saturated carbocycles. The summed E-state index contributed by atoms with van der Waals surface area (Å²) in [5.41, 5.74) is 5.01. The number of carbonyl (C=O) groups is 1. The SMILES string of the molecule is CCC(C)NC1(C(N)=O)CC(C)N(C)C1. The Labute approximate surface area is 92.2 Å². The predicted molar refractivity (Wildman–Crippen MR) is 61.5 cm³/mol. The van der Waals surface area contributed by atoms with Crippen LogP contribution in [0.15, 0.2) is 0 Å². The molecule has 1 saturated heterocycles. The van der Waals surface area contributed by atoms with E-state index in [9.17, 15) is 4.79 Å². The maximum Gasteiger partial charge on any atom is 0.239 e. The van der Waals surface area contributed by atoms with Gasteiger partial charge in [0, 0.05) is 18.6 Å². The number of amides is 1. The summed E-state index contributed by atoms with van der Waals surface area (Å²) in [5, 5.41) is 3.39. The number of carbonyl (C=O) groups excluding carboxylic acids is 1. The van der Waals surface area contributed by atoms with Crippen LogP contribution in [0, 0.1) is 0 Å². The van der Waals surface area contributed by atoms with Crippen LogP contribution in [0.1, 0.15) is 33.6 Å². The largest absolute Gasteiger partial charge is 0.368 e. The molecule has 15 heavy (non-hydrogen) atoms. The molecule has 4 heteroatoms. The van der Waals surface area contributed by atoms with Gasteiger partial charge in [-0.05, 0) is 33.7 Å². The summed E-state index contributed by atoms with van der Waals surface area (Å²) in [5.74, 6) is -0.223. The molecule has 1 heterocycles. The van der Waals surface area contributed by atoms with Gasteiger partial charge in [0.2, 0.25) is 5.91 Å². The summed E-state index contributed by atoms with van der Waals surface area (Å²) in [6.07, 6.45) is 1.82.